The Kier molecular flexibility index (Phi) is 6.00. The summed E-state index contributed by atoms with van der Waals surface area (Å²) in [5.41, 5.74) is 3.09. The smallest absolute Gasteiger partial charge is 0.0426 e. The van der Waals surface area contributed by atoms with Crippen LogP contribution in [0.3, 0.4) is 0 Å². The van der Waals surface area contributed by atoms with E-state index >= 15 is 0 Å². The number of hydrogen-bond donors (Lipinski definition) is 1. The number of aryl methyl sites for hydroxylation is 1. The minimum atomic E-state index is 0. The van der Waals surface area contributed by atoms with Gasteiger partial charge in [0.05, 0.1) is 0 Å². The first-order valence-corrected chi connectivity index (χ1v) is 8.38. The number of nitrogens with zero attached hydrogens (tertiary/aromatic N) is 2. The van der Waals surface area contributed by atoms with Gasteiger partial charge >= 0.3 is 0 Å². The van der Waals surface area contributed by atoms with Crippen LogP contribution in [-0.2, 0) is 0 Å². The van der Waals surface area contributed by atoms with Crippen molar-refractivity contribution in [2.75, 3.05) is 50.7 Å². The van der Waals surface area contributed by atoms with Crippen molar-refractivity contribution in [1.29, 1.82) is 0 Å². The Hall–Kier alpha value is -0.480. The number of benzene rings is 1. The van der Waals surface area contributed by atoms with E-state index in [0.717, 1.165) is 31.2 Å². The Morgan fingerprint density at radius 1 is 1.23 bits per heavy atom. The average Bonchev–Trinajstić information content (AvgIpc) is 2.89. The minimum absolute atomic E-state index is 0. The number of hydrogen-bond acceptors (Lipinski definition) is 3. The monoisotopic (exact) mass is 343 g/mol. The predicted molar refractivity (Wildman–Crippen MR) is 97.7 cm³/mol. The largest absolute Gasteiger partial charge is 0.369 e. The lowest BCUT2D eigenvalue weighted by molar-refractivity contribution is 0.169. The summed E-state index contributed by atoms with van der Waals surface area (Å²) in [5, 5.41) is 4.33. The van der Waals surface area contributed by atoms with Crippen molar-refractivity contribution in [2.24, 2.45) is 5.41 Å². The van der Waals surface area contributed by atoms with E-state index in [-0.39, 0.29) is 12.4 Å². The Morgan fingerprint density at radius 3 is 2.59 bits per heavy atom. The molecule has 0 saturated carbocycles. The topological polar surface area (TPSA) is 18.5 Å². The number of nitrogens with one attached hydrogen (secondary N) is 1. The molecule has 22 heavy (non-hydrogen) atoms. The maximum atomic E-state index is 6.15. The molecule has 2 aliphatic rings. The van der Waals surface area contributed by atoms with Crippen LogP contribution < -0.4 is 10.2 Å². The van der Waals surface area contributed by atoms with Gasteiger partial charge in [0.2, 0.25) is 0 Å². The standard InChI is InChI=1S/C17H26ClN3.ClH/c1-14-3-4-15(18)11-16(14)21-9-7-20(8-10-21)13-17(2)5-6-19-12-17;/h3-4,11,19H,5-10,12-13H2,1-2H3;1H. The quantitative estimate of drug-likeness (QED) is 0.909. The molecule has 1 aromatic carbocycles. The molecule has 0 radical (unpaired) electrons. The first kappa shape index (κ1) is 17.9. The zero-order chi connectivity index (χ0) is 14.9. The van der Waals surface area contributed by atoms with Crippen LogP contribution in [0.5, 0.6) is 0 Å². The van der Waals surface area contributed by atoms with Crippen molar-refractivity contribution in [3.05, 3.63) is 28.8 Å². The SMILES string of the molecule is Cc1ccc(Cl)cc1N1CCN(CC2(C)CCNC2)CC1.Cl. The normalized spacial score (nSPS) is 26.0. The third kappa shape index (κ3) is 4.08. The number of piperazine rings is 1. The lowest BCUT2D eigenvalue weighted by atomic mass is 9.89. The van der Waals surface area contributed by atoms with Crippen LogP contribution in [0.1, 0.15) is 18.9 Å². The van der Waals surface area contributed by atoms with Gasteiger partial charge in [-0.2, -0.15) is 0 Å². The second kappa shape index (κ2) is 7.39. The molecule has 2 fully saturated rings. The lowest BCUT2D eigenvalue weighted by Gasteiger charge is -2.40. The first-order valence-electron chi connectivity index (χ1n) is 8.00. The molecule has 1 aromatic rings. The molecule has 124 valence electrons. The highest BCUT2D eigenvalue weighted by atomic mass is 35.5. The maximum absolute atomic E-state index is 6.15. The van der Waals surface area contributed by atoms with Gasteiger partial charge in [-0.1, -0.05) is 24.6 Å². The van der Waals surface area contributed by atoms with Gasteiger partial charge in [-0.25, -0.2) is 0 Å². The van der Waals surface area contributed by atoms with E-state index in [1.54, 1.807) is 0 Å². The fourth-order valence-electron chi connectivity index (χ4n) is 3.61. The molecule has 2 aliphatic heterocycles. The van der Waals surface area contributed by atoms with Gasteiger partial charge in [0, 0.05) is 50.0 Å². The van der Waals surface area contributed by atoms with Gasteiger partial charge in [0.15, 0.2) is 0 Å². The van der Waals surface area contributed by atoms with Crippen LogP contribution in [0.2, 0.25) is 5.02 Å². The third-order valence-electron chi connectivity index (χ3n) is 4.95. The van der Waals surface area contributed by atoms with E-state index in [1.165, 1.54) is 37.3 Å². The van der Waals surface area contributed by atoms with Crippen molar-refractivity contribution in [3.8, 4) is 0 Å². The van der Waals surface area contributed by atoms with Crippen molar-refractivity contribution in [2.45, 2.75) is 20.3 Å². The lowest BCUT2D eigenvalue weighted by Crippen LogP contribution is -2.50. The van der Waals surface area contributed by atoms with E-state index < -0.39 is 0 Å². The fourth-order valence-corrected chi connectivity index (χ4v) is 3.78. The number of anilines is 1. The van der Waals surface area contributed by atoms with Crippen LogP contribution in [0, 0.1) is 12.3 Å². The third-order valence-corrected chi connectivity index (χ3v) is 5.18. The summed E-state index contributed by atoms with van der Waals surface area (Å²) in [7, 11) is 0. The zero-order valence-electron chi connectivity index (χ0n) is 13.6. The second-order valence-corrected chi connectivity index (χ2v) is 7.37. The Bertz CT molecular complexity index is 493. The van der Waals surface area contributed by atoms with Gasteiger partial charge in [-0.05, 0) is 43.0 Å². The second-order valence-electron chi connectivity index (χ2n) is 6.93. The predicted octanol–water partition coefficient (Wildman–Crippen LogP) is 3.19. The van der Waals surface area contributed by atoms with Crippen LogP contribution in [0.15, 0.2) is 18.2 Å². The van der Waals surface area contributed by atoms with Gasteiger partial charge in [-0.15, -0.1) is 12.4 Å². The summed E-state index contributed by atoms with van der Waals surface area (Å²) >= 11 is 6.15. The van der Waals surface area contributed by atoms with Crippen LogP contribution in [0.25, 0.3) is 0 Å². The van der Waals surface area contributed by atoms with E-state index in [0.29, 0.717) is 5.41 Å². The van der Waals surface area contributed by atoms with E-state index in [9.17, 15) is 0 Å². The summed E-state index contributed by atoms with van der Waals surface area (Å²) in [5.74, 6) is 0. The molecule has 1 N–H and O–H groups in total. The molecule has 3 rings (SSSR count). The van der Waals surface area contributed by atoms with Crippen molar-refractivity contribution in [1.82, 2.24) is 10.2 Å². The molecule has 1 atom stereocenters. The van der Waals surface area contributed by atoms with Gasteiger partial charge in [0.1, 0.15) is 0 Å². The Balaban J connectivity index is 0.00000176. The summed E-state index contributed by atoms with van der Waals surface area (Å²) < 4.78 is 0. The van der Waals surface area contributed by atoms with Crippen LogP contribution >= 0.6 is 24.0 Å². The summed E-state index contributed by atoms with van der Waals surface area (Å²) in [6.45, 7) is 12.7. The molecule has 0 spiro atoms. The fraction of sp³-hybridized carbons (Fsp3) is 0.647. The molecule has 2 heterocycles. The minimum Gasteiger partial charge on any atom is -0.369 e. The first-order chi connectivity index (χ1) is 10.1. The summed E-state index contributed by atoms with van der Waals surface area (Å²) in [4.78, 5) is 5.11. The Morgan fingerprint density at radius 2 is 1.95 bits per heavy atom. The maximum Gasteiger partial charge on any atom is 0.0426 e. The molecular weight excluding hydrogens is 317 g/mol. The number of rotatable bonds is 3. The van der Waals surface area contributed by atoms with Gasteiger partial charge in [0.25, 0.3) is 0 Å². The summed E-state index contributed by atoms with van der Waals surface area (Å²) in [6.07, 6.45) is 1.31. The van der Waals surface area contributed by atoms with Gasteiger partial charge in [-0.3, -0.25) is 4.90 Å². The van der Waals surface area contributed by atoms with Crippen LogP contribution in [0.4, 0.5) is 5.69 Å². The van der Waals surface area contributed by atoms with Gasteiger partial charge < -0.3 is 10.2 Å². The summed E-state index contributed by atoms with van der Waals surface area (Å²) in [6, 6.07) is 6.20. The molecule has 2 saturated heterocycles. The molecule has 0 bridgehead atoms. The zero-order valence-corrected chi connectivity index (χ0v) is 15.1. The average molecular weight is 344 g/mol. The highest BCUT2D eigenvalue weighted by Gasteiger charge is 2.31. The molecule has 5 heteroatoms. The van der Waals surface area contributed by atoms with Crippen molar-refractivity contribution in [3.63, 3.8) is 0 Å². The Labute approximate surface area is 145 Å². The molecule has 1 unspecified atom stereocenters. The van der Waals surface area contributed by atoms with E-state index in [2.05, 4.69) is 41.1 Å². The molecule has 0 aliphatic carbocycles. The van der Waals surface area contributed by atoms with E-state index in [4.69, 9.17) is 11.6 Å². The molecule has 0 aromatic heterocycles. The molecular formula is C17H27Cl2N3. The molecule has 3 nitrogen and oxygen atoms in total. The van der Waals surface area contributed by atoms with E-state index in [1.807, 2.05) is 6.07 Å². The van der Waals surface area contributed by atoms with Crippen LogP contribution in [-0.4, -0.2) is 50.7 Å². The molecule has 0 amide bonds. The van der Waals surface area contributed by atoms with Crippen molar-refractivity contribution >= 4 is 29.7 Å². The highest BCUT2D eigenvalue weighted by molar-refractivity contribution is 6.30. The number of halogens is 2. The van der Waals surface area contributed by atoms with Crippen molar-refractivity contribution < 1.29 is 0 Å². The highest BCUT2D eigenvalue weighted by Crippen LogP contribution is 2.28.